The van der Waals surface area contributed by atoms with Crippen molar-refractivity contribution >= 4 is 12.0 Å². The quantitative estimate of drug-likeness (QED) is 0.555. The van der Waals surface area contributed by atoms with Gasteiger partial charge in [0.25, 0.3) is 0 Å². The highest BCUT2D eigenvalue weighted by Crippen LogP contribution is 2.28. The van der Waals surface area contributed by atoms with Gasteiger partial charge in [-0.25, -0.2) is 10.2 Å². The molecule has 6 nitrogen and oxygen atoms in total. The smallest absolute Gasteiger partial charge is 0.329 e. The molecule has 0 saturated heterocycles. The first-order valence-electron chi connectivity index (χ1n) is 6.51. The van der Waals surface area contributed by atoms with Crippen molar-refractivity contribution in [2.45, 2.75) is 45.6 Å². The van der Waals surface area contributed by atoms with Crippen molar-refractivity contribution < 1.29 is 14.7 Å². The van der Waals surface area contributed by atoms with Gasteiger partial charge in [-0.05, 0) is 45.4 Å². The van der Waals surface area contributed by atoms with Crippen LogP contribution in [0, 0.1) is 11.8 Å². The van der Waals surface area contributed by atoms with Gasteiger partial charge < -0.3 is 10.4 Å². The zero-order valence-corrected chi connectivity index (χ0v) is 11.0. The molecule has 0 heterocycles. The lowest BCUT2D eigenvalue weighted by Gasteiger charge is -2.26. The molecule has 0 atom stereocenters. The average molecular weight is 257 g/mol. The third-order valence-corrected chi connectivity index (χ3v) is 3.22. The first-order chi connectivity index (χ1) is 8.49. The number of carboxylic acid groups (broad SMARTS) is 1. The maximum absolute atomic E-state index is 11.4. The highest BCUT2D eigenvalue weighted by molar-refractivity contribution is 5.73. The Morgan fingerprint density at radius 2 is 1.83 bits per heavy atom. The molecule has 6 heteroatoms. The van der Waals surface area contributed by atoms with Crippen LogP contribution in [0.25, 0.3) is 0 Å². The number of amides is 2. The van der Waals surface area contributed by atoms with Gasteiger partial charge in [-0.2, -0.15) is 0 Å². The summed E-state index contributed by atoms with van der Waals surface area (Å²) >= 11 is 0. The summed E-state index contributed by atoms with van der Waals surface area (Å²) in [5.74, 6) is -0.497. The van der Waals surface area contributed by atoms with E-state index >= 15 is 0 Å². The standard InChI is InChI=1S/C12H23N3O3/c1-8(2)14-15-12(18)13-7-9-3-5-10(6-4-9)11(16)17/h8-10,14H,3-7H2,1-2H3,(H,16,17)(H2,13,15,18)/t9-,10-. The topological polar surface area (TPSA) is 90.5 Å². The van der Waals surface area contributed by atoms with Crippen LogP contribution in [0.3, 0.4) is 0 Å². The number of hydrogen-bond acceptors (Lipinski definition) is 3. The monoisotopic (exact) mass is 257 g/mol. The van der Waals surface area contributed by atoms with Crippen LogP contribution in [-0.4, -0.2) is 29.7 Å². The number of carbonyl (C=O) groups is 2. The largest absolute Gasteiger partial charge is 0.481 e. The van der Waals surface area contributed by atoms with Crippen molar-refractivity contribution in [3.8, 4) is 0 Å². The Morgan fingerprint density at radius 1 is 1.22 bits per heavy atom. The van der Waals surface area contributed by atoms with E-state index in [0.717, 1.165) is 12.8 Å². The number of carboxylic acids is 1. The molecule has 1 fully saturated rings. The summed E-state index contributed by atoms with van der Waals surface area (Å²) in [5, 5.41) is 11.7. The molecule has 0 unspecified atom stereocenters. The van der Waals surface area contributed by atoms with Gasteiger partial charge in [0.15, 0.2) is 0 Å². The second-order valence-corrected chi connectivity index (χ2v) is 5.19. The summed E-state index contributed by atoms with van der Waals surface area (Å²) in [6, 6.07) is -0.0363. The summed E-state index contributed by atoms with van der Waals surface area (Å²) in [4.78, 5) is 22.2. The molecule has 4 N–H and O–H groups in total. The van der Waals surface area contributed by atoms with E-state index in [1.807, 2.05) is 13.8 Å². The minimum Gasteiger partial charge on any atom is -0.481 e. The van der Waals surface area contributed by atoms with E-state index in [2.05, 4.69) is 16.2 Å². The van der Waals surface area contributed by atoms with E-state index in [0.29, 0.717) is 25.3 Å². The number of nitrogens with one attached hydrogen (secondary N) is 3. The molecule has 0 bridgehead atoms. The van der Waals surface area contributed by atoms with Crippen LogP contribution in [0.1, 0.15) is 39.5 Å². The lowest BCUT2D eigenvalue weighted by Crippen LogP contribution is -2.48. The molecule has 1 rings (SSSR count). The third kappa shape index (κ3) is 5.35. The van der Waals surface area contributed by atoms with Crippen molar-refractivity contribution in [3.05, 3.63) is 0 Å². The molecule has 0 aromatic heterocycles. The molecule has 1 aliphatic rings. The van der Waals surface area contributed by atoms with Gasteiger partial charge in [0.05, 0.1) is 5.92 Å². The molecule has 1 saturated carbocycles. The lowest BCUT2D eigenvalue weighted by atomic mass is 9.82. The fourth-order valence-corrected chi connectivity index (χ4v) is 2.10. The predicted octanol–water partition coefficient (Wildman–Crippen LogP) is 1.09. The summed E-state index contributed by atoms with van der Waals surface area (Å²) in [6.07, 6.45) is 3.17. The second-order valence-electron chi connectivity index (χ2n) is 5.19. The summed E-state index contributed by atoms with van der Waals surface area (Å²) in [5.41, 5.74) is 5.37. The van der Waals surface area contributed by atoms with Gasteiger partial charge >= 0.3 is 12.0 Å². The van der Waals surface area contributed by atoms with Crippen LogP contribution in [0.5, 0.6) is 0 Å². The molecule has 0 radical (unpaired) electrons. The number of hydrogen-bond donors (Lipinski definition) is 4. The van der Waals surface area contributed by atoms with Gasteiger partial charge in [-0.3, -0.25) is 10.2 Å². The second kappa shape index (κ2) is 7.20. The van der Waals surface area contributed by atoms with Crippen LogP contribution >= 0.6 is 0 Å². The van der Waals surface area contributed by atoms with Crippen molar-refractivity contribution in [2.75, 3.05) is 6.54 Å². The molecule has 104 valence electrons. The highest BCUT2D eigenvalue weighted by Gasteiger charge is 2.25. The Morgan fingerprint density at radius 3 is 2.33 bits per heavy atom. The zero-order valence-electron chi connectivity index (χ0n) is 11.0. The van der Waals surface area contributed by atoms with Crippen molar-refractivity contribution in [1.82, 2.24) is 16.2 Å². The van der Waals surface area contributed by atoms with Gasteiger partial charge in [0.1, 0.15) is 0 Å². The Labute approximate surface area is 107 Å². The third-order valence-electron chi connectivity index (χ3n) is 3.22. The predicted molar refractivity (Wildman–Crippen MR) is 67.9 cm³/mol. The highest BCUT2D eigenvalue weighted by atomic mass is 16.4. The van der Waals surface area contributed by atoms with Crippen LogP contribution in [-0.2, 0) is 4.79 Å². The minimum absolute atomic E-state index is 0.196. The van der Waals surface area contributed by atoms with Crippen molar-refractivity contribution in [1.29, 1.82) is 0 Å². The van der Waals surface area contributed by atoms with E-state index in [1.54, 1.807) is 0 Å². The normalized spacial score (nSPS) is 23.7. The minimum atomic E-state index is -0.694. The molecule has 2 amide bonds. The maximum atomic E-state index is 11.4. The summed E-state index contributed by atoms with van der Waals surface area (Å²) in [7, 11) is 0. The molecular formula is C12H23N3O3. The van der Waals surface area contributed by atoms with E-state index < -0.39 is 5.97 Å². The molecule has 0 spiro atoms. The van der Waals surface area contributed by atoms with E-state index in [-0.39, 0.29) is 18.0 Å². The fourth-order valence-electron chi connectivity index (χ4n) is 2.10. The van der Waals surface area contributed by atoms with Crippen LogP contribution in [0.15, 0.2) is 0 Å². The van der Waals surface area contributed by atoms with Crippen LogP contribution in [0.2, 0.25) is 0 Å². The summed E-state index contributed by atoms with van der Waals surface area (Å²) < 4.78 is 0. The van der Waals surface area contributed by atoms with Crippen LogP contribution < -0.4 is 16.2 Å². The van der Waals surface area contributed by atoms with Crippen molar-refractivity contribution in [2.24, 2.45) is 11.8 Å². The number of urea groups is 1. The summed E-state index contributed by atoms with van der Waals surface area (Å²) in [6.45, 7) is 4.48. The average Bonchev–Trinajstić information content (AvgIpc) is 2.34. The molecule has 0 aromatic carbocycles. The van der Waals surface area contributed by atoms with Gasteiger partial charge in [0, 0.05) is 12.6 Å². The number of rotatable bonds is 5. The Kier molecular flexibility index (Phi) is 5.91. The molecular weight excluding hydrogens is 234 g/mol. The van der Waals surface area contributed by atoms with Gasteiger partial charge in [-0.15, -0.1) is 0 Å². The van der Waals surface area contributed by atoms with Gasteiger partial charge in [-0.1, -0.05) is 0 Å². The fraction of sp³-hybridized carbons (Fsp3) is 0.833. The number of aliphatic carboxylic acids is 1. The SMILES string of the molecule is CC(C)NNC(=O)NC[C@H]1CC[C@H](C(=O)O)CC1. The van der Waals surface area contributed by atoms with E-state index in [4.69, 9.17) is 5.11 Å². The van der Waals surface area contributed by atoms with Gasteiger partial charge in [0.2, 0.25) is 0 Å². The van der Waals surface area contributed by atoms with Crippen LogP contribution in [0.4, 0.5) is 4.79 Å². The Bertz CT molecular complexity index is 286. The molecule has 0 aromatic rings. The number of hydrazine groups is 1. The number of carbonyl (C=O) groups excluding carboxylic acids is 1. The Balaban J connectivity index is 2.14. The first kappa shape index (κ1) is 14.8. The van der Waals surface area contributed by atoms with Crippen molar-refractivity contribution in [3.63, 3.8) is 0 Å². The van der Waals surface area contributed by atoms with E-state index in [1.165, 1.54) is 0 Å². The maximum Gasteiger partial charge on any atom is 0.329 e. The Hall–Kier alpha value is -1.30. The first-order valence-corrected chi connectivity index (χ1v) is 6.51. The zero-order chi connectivity index (χ0) is 13.5. The lowest BCUT2D eigenvalue weighted by molar-refractivity contribution is -0.143. The molecule has 18 heavy (non-hydrogen) atoms. The molecule has 0 aliphatic heterocycles. The molecule has 1 aliphatic carbocycles. The van der Waals surface area contributed by atoms with E-state index in [9.17, 15) is 9.59 Å².